The highest BCUT2D eigenvalue weighted by molar-refractivity contribution is 6.37. The van der Waals surface area contributed by atoms with Crippen LogP contribution in [-0.2, 0) is 16.2 Å². The number of fused-ring (bicyclic) bond motifs is 6. The maximum atomic E-state index is 16.1. The first kappa shape index (κ1) is 69.4. The van der Waals surface area contributed by atoms with Crippen LogP contribution in [-0.4, -0.2) is 125 Å². The molecule has 24 heteroatoms. The van der Waals surface area contributed by atoms with Crippen molar-refractivity contribution in [1.82, 2.24) is 19.6 Å². The van der Waals surface area contributed by atoms with E-state index < -0.39 is 178 Å². The van der Waals surface area contributed by atoms with E-state index in [-0.39, 0.29) is 61.2 Å². The van der Waals surface area contributed by atoms with Crippen molar-refractivity contribution in [2.45, 2.75) is 155 Å². The van der Waals surface area contributed by atoms with Gasteiger partial charge in [-0.1, -0.05) is 36.4 Å². The third-order valence-corrected chi connectivity index (χ3v) is 20.6. The van der Waals surface area contributed by atoms with Gasteiger partial charge in [0.2, 0.25) is 0 Å². The Hall–Kier alpha value is -11.0. The number of carbonyl (C=O) groups is 12. The van der Waals surface area contributed by atoms with Gasteiger partial charge in [0, 0.05) is 27.6 Å². The largest absolute Gasteiger partial charge is 0.402 e. The summed E-state index contributed by atoms with van der Waals surface area (Å²) >= 11 is 0. The maximum absolute atomic E-state index is 16.1. The number of anilines is 2. The van der Waals surface area contributed by atoms with Gasteiger partial charge in [-0.25, -0.2) is 9.80 Å². The summed E-state index contributed by atoms with van der Waals surface area (Å²) in [6.45, 7) is 22.5. The van der Waals surface area contributed by atoms with Gasteiger partial charge < -0.3 is 0 Å². The van der Waals surface area contributed by atoms with Crippen LogP contribution in [0.2, 0.25) is 0 Å². The molecule has 6 aliphatic rings. The molecule has 6 heterocycles. The molecule has 13 rings (SSSR count). The van der Waals surface area contributed by atoms with E-state index in [0.717, 1.165) is 112 Å². The molecule has 2 atom stereocenters. The predicted octanol–water partition coefficient (Wildman–Crippen LogP) is 14.0. The molecular weight excluding hydrogens is 1330 g/mol. The Labute approximate surface area is 580 Å². The zero-order valence-electron chi connectivity index (χ0n) is 58.0. The van der Waals surface area contributed by atoms with Crippen LogP contribution in [0.5, 0.6) is 0 Å². The van der Waals surface area contributed by atoms with Crippen LogP contribution in [0.25, 0.3) is 0 Å². The van der Waals surface area contributed by atoms with Gasteiger partial charge in [0.25, 0.3) is 70.9 Å². The summed E-state index contributed by atoms with van der Waals surface area (Å²) in [4.78, 5) is 178. The molecule has 0 unspecified atom stereocenters. The number of imide groups is 6. The third kappa shape index (κ3) is 9.66. The Morgan fingerprint density at radius 3 is 0.627 bits per heavy atom. The van der Waals surface area contributed by atoms with E-state index in [2.05, 4.69) is 0 Å². The highest BCUT2D eigenvalue weighted by atomic mass is 19.4. The van der Waals surface area contributed by atoms with E-state index in [9.17, 15) is 38.4 Å². The molecular formula is C78H66F6N6O12. The number of hydrogen-bond donors (Lipinski definition) is 0. The molecule has 6 aliphatic heterocycles. The lowest BCUT2D eigenvalue weighted by molar-refractivity contribution is -0.173. The lowest BCUT2D eigenvalue weighted by Gasteiger charge is -2.34. The van der Waals surface area contributed by atoms with Gasteiger partial charge in [0.05, 0.1) is 78.1 Å². The van der Waals surface area contributed by atoms with Crippen molar-refractivity contribution in [2.75, 3.05) is 9.80 Å². The first-order valence-electron chi connectivity index (χ1n) is 32.5. The molecule has 0 aliphatic carbocycles. The lowest BCUT2D eigenvalue weighted by atomic mass is 9.69. The first-order chi connectivity index (χ1) is 47.0. The van der Waals surface area contributed by atoms with Gasteiger partial charge in [0.15, 0.2) is 0 Å². The molecule has 522 valence electrons. The maximum Gasteiger partial charge on any atom is 0.402 e. The highest BCUT2D eigenvalue weighted by Gasteiger charge is 2.58. The number of amides is 12. The third-order valence-electron chi connectivity index (χ3n) is 20.6. The Bertz CT molecular complexity index is 4850. The number of alkyl halides is 6. The molecule has 7 aromatic rings. The van der Waals surface area contributed by atoms with Gasteiger partial charge in [-0.3, -0.25) is 77.1 Å². The molecule has 12 amide bonds. The predicted molar refractivity (Wildman–Crippen MR) is 359 cm³/mol. The second-order valence-electron chi connectivity index (χ2n) is 31.0. The van der Waals surface area contributed by atoms with E-state index in [1.807, 2.05) is 0 Å². The van der Waals surface area contributed by atoms with E-state index in [1.54, 1.807) is 90.0 Å². The van der Waals surface area contributed by atoms with Gasteiger partial charge in [0.1, 0.15) is 10.8 Å². The summed E-state index contributed by atoms with van der Waals surface area (Å²) in [5, 5.41) is 0. The fourth-order valence-electron chi connectivity index (χ4n) is 14.8. The number of hydrogen-bond acceptors (Lipinski definition) is 12. The lowest BCUT2D eigenvalue weighted by Crippen LogP contribution is -2.45. The molecule has 102 heavy (non-hydrogen) atoms. The molecule has 0 N–H and O–H groups in total. The van der Waals surface area contributed by atoms with Gasteiger partial charge >= 0.3 is 12.4 Å². The van der Waals surface area contributed by atoms with E-state index in [1.165, 1.54) is 48.5 Å². The van der Waals surface area contributed by atoms with Crippen LogP contribution >= 0.6 is 0 Å². The Kier molecular flexibility index (Phi) is 14.8. The Balaban J connectivity index is 0.999. The van der Waals surface area contributed by atoms with Crippen LogP contribution in [0, 0.1) is 0 Å². The summed E-state index contributed by atoms with van der Waals surface area (Å²) < 4.78 is 96.5. The summed E-state index contributed by atoms with van der Waals surface area (Å²) in [5.41, 5.74) is -18.2. The smallest absolute Gasteiger partial charge is 0.269 e. The van der Waals surface area contributed by atoms with E-state index in [4.69, 9.17) is 0 Å². The normalized spacial score (nSPS) is 17.7. The minimum absolute atomic E-state index is 0.0102. The van der Waals surface area contributed by atoms with Crippen molar-refractivity contribution in [3.63, 3.8) is 0 Å². The van der Waals surface area contributed by atoms with E-state index in [0.29, 0.717) is 9.80 Å². The summed E-state index contributed by atoms with van der Waals surface area (Å²) in [6, 6.07) is 24.1. The average molecular weight is 1390 g/mol. The molecule has 0 saturated heterocycles. The average Bonchev–Trinajstić information content (AvgIpc) is 1.46. The zero-order valence-corrected chi connectivity index (χ0v) is 58.0. The molecule has 7 aromatic carbocycles. The standard InChI is InChI=1S/C78H66F6N6O12/c1-70(2,3)87-62(95)48-22-16-37(30-54(48)66(87)99)74(13,38-17-23-49-55(31-38)67(100)88(63(49)96)71(4,5)6)43-28-44(85-58(91)46-24-18-39(32-52(46)60(85)93)75(14,77(79,80)81)41-20-26-50-56(34-41)68(101)89(64(50)97)72(7,8)9)36-45(29-43)86-59(92)47-25-19-40(33-53(47)61(86)94)76(15,78(82,83)84)42-21-27-51-57(35-42)69(102)90(65(51)98)73(10,11)12/h16-36H,1-15H3/t75-,76+. The van der Waals surface area contributed by atoms with E-state index >= 15 is 45.5 Å². The molecule has 0 bridgehead atoms. The first-order valence-corrected chi connectivity index (χ1v) is 32.5. The van der Waals surface area contributed by atoms with Crippen LogP contribution in [0.3, 0.4) is 0 Å². The number of nitrogens with zero attached hydrogens (tertiary/aromatic N) is 6. The second kappa shape index (κ2) is 21.7. The van der Waals surface area contributed by atoms with Crippen molar-refractivity contribution in [2.24, 2.45) is 0 Å². The fourth-order valence-corrected chi connectivity index (χ4v) is 14.8. The van der Waals surface area contributed by atoms with Crippen LogP contribution in [0.15, 0.2) is 127 Å². The number of benzene rings is 7. The molecule has 0 aromatic heterocycles. The van der Waals surface area contributed by atoms with Crippen molar-refractivity contribution >= 4 is 82.3 Å². The highest BCUT2D eigenvalue weighted by Crippen LogP contribution is 2.53. The molecule has 0 radical (unpaired) electrons. The summed E-state index contributed by atoms with van der Waals surface area (Å²) in [7, 11) is 0. The van der Waals surface area contributed by atoms with Gasteiger partial charge in [-0.05, 0) is 234 Å². The van der Waals surface area contributed by atoms with Gasteiger partial charge in [-0.2, -0.15) is 26.3 Å². The van der Waals surface area contributed by atoms with Crippen molar-refractivity contribution in [3.8, 4) is 0 Å². The molecule has 18 nitrogen and oxygen atoms in total. The molecule has 0 spiro atoms. The topological polar surface area (TPSA) is 224 Å². The minimum Gasteiger partial charge on any atom is -0.269 e. The number of halogens is 6. The zero-order chi connectivity index (χ0) is 74.9. The molecule has 0 fully saturated rings. The van der Waals surface area contributed by atoms with Gasteiger partial charge in [-0.15, -0.1) is 0 Å². The van der Waals surface area contributed by atoms with Crippen LogP contribution < -0.4 is 9.80 Å². The Morgan fingerprint density at radius 1 is 0.216 bits per heavy atom. The van der Waals surface area contributed by atoms with Crippen molar-refractivity contribution in [3.05, 3.63) is 233 Å². The number of carbonyl (C=O) groups excluding carboxylic acids is 12. The summed E-state index contributed by atoms with van der Waals surface area (Å²) in [5.74, 6) is -10.6. The Morgan fingerprint density at radius 2 is 0.402 bits per heavy atom. The number of rotatable bonds is 9. The molecule has 0 saturated carbocycles. The quantitative estimate of drug-likeness (QED) is 0.0747. The second-order valence-corrected chi connectivity index (χ2v) is 31.0. The van der Waals surface area contributed by atoms with Crippen molar-refractivity contribution in [1.29, 1.82) is 0 Å². The van der Waals surface area contributed by atoms with Crippen molar-refractivity contribution < 1.29 is 83.9 Å². The minimum atomic E-state index is -5.21. The SMILES string of the molecule is CC(c1cc(N2C(=O)c3ccc([C@@](C)(c4ccc5c(c4)C(=O)N(C(C)(C)C)C5=O)C(F)(F)F)cc3C2=O)cc(N2C(=O)c3ccc([C@](C)(c4ccc5c(c4)C(=O)N(C(C)(C)C)C5=O)C(F)(F)F)cc3C2=O)c1)(c1ccc2c(c1)C(=O)N(C(C)(C)C)C2=O)c1ccc2c(c1)C(=O)N(C(C)(C)C)C2=O. The van der Waals surface area contributed by atoms with Crippen LogP contribution in [0.4, 0.5) is 37.7 Å². The van der Waals surface area contributed by atoms with Crippen LogP contribution in [0.1, 0.15) is 267 Å². The summed E-state index contributed by atoms with van der Waals surface area (Å²) in [6.07, 6.45) is -10.4. The fraction of sp³-hybridized carbons (Fsp3) is 0.308. The monoisotopic (exact) mass is 1390 g/mol.